The molecule has 12 nitrogen and oxygen atoms in total. The van der Waals surface area contributed by atoms with Gasteiger partial charge in [-0.05, 0) is 64.2 Å². The van der Waals surface area contributed by atoms with Gasteiger partial charge in [0.25, 0.3) is 0 Å². The second-order valence-corrected chi connectivity index (χ2v) is 16.8. The van der Waals surface area contributed by atoms with E-state index in [2.05, 4.69) is 42.7 Å². The van der Waals surface area contributed by atoms with E-state index < -0.39 is 63.8 Å². The third-order valence-electron chi connectivity index (χ3n) is 9.65. The number of esters is 2. The molecule has 0 aromatic carbocycles. The molecule has 5 N–H and O–H groups in total. The Balaban J connectivity index is 4.52. The number of unbranched alkanes of at least 4 members (excludes halogenated alkanes) is 19. The number of aliphatic hydroxyl groups excluding tert-OH is 1. The van der Waals surface area contributed by atoms with E-state index in [-0.39, 0.29) is 12.8 Å². The number of ether oxygens (including phenoxy) is 2. The van der Waals surface area contributed by atoms with Crippen LogP contribution in [0, 0.1) is 0 Å². The van der Waals surface area contributed by atoms with E-state index >= 15 is 0 Å². The fourth-order valence-corrected chi connectivity index (χ4v) is 6.79. The van der Waals surface area contributed by atoms with Crippen molar-refractivity contribution in [3.05, 3.63) is 48.6 Å². The molecule has 0 aliphatic rings. The maximum absolute atomic E-state index is 12.6. The largest absolute Gasteiger partial charge is 0.480 e. The normalized spacial score (nSPS) is 14.7. The van der Waals surface area contributed by atoms with Gasteiger partial charge in [0.2, 0.25) is 0 Å². The second kappa shape index (κ2) is 40.8. The lowest BCUT2D eigenvalue weighted by molar-refractivity contribution is -0.161. The number of aliphatic hydroxyl groups is 1. The lowest BCUT2D eigenvalue weighted by atomic mass is 10.1. The molecular formula is C46H82NO11P. The first kappa shape index (κ1) is 56.4. The Morgan fingerprint density at radius 2 is 1.10 bits per heavy atom. The van der Waals surface area contributed by atoms with Crippen LogP contribution in [-0.4, -0.2) is 71.1 Å². The zero-order valence-corrected chi connectivity index (χ0v) is 37.6. The van der Waals surface area contributed by atoms with Crippen molar-refractivity contribution >= 4 is 25.7 Å². The van der Waals surface area contributed by atoms with Crippen LogP contribution in [0.5, 0.6) is 0 Å². The van der Waals surface area contributed by atoms with E-state index in [0.717, 1.165) is 44.9 Å². The highest BCUT2D eigenvalue weighted by atomic mass is 31.2. The SMILES string of the molecule is CCCCCCCC/C=C\CCCCCCCCCC(=O)OC[C@H](COP(=O)(O)OC[C@H](N)C(=O)O)OC(=O)CCCC(O)/C=C/C=C/C/C=C/CCCCCCCC. The van der Waals surface area contributed by atoms with Gasteiger partial charge in [-0.1, -0.05) is 159 Å². The first-order valence-corrected chi connectivity index (χ1v) is 24.3. The molecule has 342 valence electrons. The summed E-state index contributed by atoms with van der Waals surface area (Å²) >= 11 is 0. The maximum atomic E-state index is 12.6. The maximum Gasteiger partial charge on any atom is 0.472 e. The molecule has 0 saturated carbocycles. The number of phosphoric ester groups is 1. The molecule has 2 unspecified atom stereocenters. The zero-order chi connectivity index (χ0) is 43.7. The quantitative estimate of drug-likeness (QED) is 0.0150. The highest BCUT2D eigenvalue weighted by Gasteiger charge is 2.28. The van der Waals surface area contributed by atoms with Gasteiger partial charge in [0.05, 0.1) is 19.3 Å². The smallest absolute Gasteiger partial charge is 0.472 e. The number of aliphatic carboxylic acids is 1. The van der Waals surface area contributed by atoms with Crippen LogP contribution in [0.3, 0.4) is 0 Å². The Hall–Kier alpha value is -2.60. The van der Waals surface area contributed by atoms with Gasteiger partial charge in [0.15, 0.2) is 6.10 Å². The van der Waals surface area contributed by atoms with Crippen LogP contribution in [0.4, 0.5) is 0 Å². The summed E-state index contributed by atoms with van der Waals surface area (Å²) < 4.78 is 32.6. The molecule has 0 aromatic heterocycles. The van der Waals surface area contributed by atoms with Crippen molar-refractivity contribution in [1.29, 1.82) is 0 Å². The summed E-state index contributed by atoms with van der Waals surface area (Å²) in [5, 5.41) is 19.2. The minimum Gasteiger partial charge on any atom is -0.480 e. The number of carbonyl (C=O) groups excluding carboxylic acids is 2. The molecule has 0 aromatic rings. The average molecular weight is 856 g/mol. The molecule has 0 aliphatic carbocycles. The van der Waals surface area contributed by atoms with Crippen molar-refractivity contribution in [2.24, 2.45) is 5.73 Å². The van der Waals surface area contributed by atoms with Gasteiger partial charge >= 0.3 is 25.7 Å². The number of carbonyl (C=O) groups is 3. The Kier molecular flexibility index (Phi) is 39.0. The van der Waals surface area contributed by atoms with Crippen LogP contribution < -0.4 is 5.73 Å². The number of nitrogens with two attached hydrogens (primary N) is 1. The summed E-state index contributed by atoms with van der Waals surface area (Å²) in [5.41, 5.74) is 5.32. The van der Waals surface area contributed by atoms with Gasteiger partial charge in [0.1, 0.15) is 12.6 Å². The summed E-state index contributed by atoms with van der Waals surface area (Å²) in [5.74, 6) is -2.60. The van der Waals surface area contributed by atoms with Gasteiger partial charge in [-0.15, -0.1) is 0 Å². The first-order chi connectivity index (χ1) is 28.5. The van der Waals surface area contributed by atoms with E-state index in [1.807, 2.05) is 12.2 Å². The number of carboxylic acids is 1. The topological polar surface area (TPSA) is 192 Å². The van der Waals surface area contributed by atoms with Crippen molar-refractivity contribution in [1.82, 2.24) is 0 Å². The predicted molar refractivity (Wildman–Crippen MR) is 237 cm³/mol. The molecule has 0 amide bonds. The summed E-state index contributed by atoms with van der Waals surface area (Å²) in [6.07, 6.45) is 42.0. The molecule has 0 saturated heterocycles. The number of rotatable bonds is 42. The van der Waals surface area contributed by atoms with E-state index in [9.17, 15) is 28.9 Å². The third-order valence-corrected chi connectivity index (χ3v) is 10.6. The van der Waals surface area contributed by atoms with Crippen LogP contribution in [0.15, 0.2) is 48.6 Å². The molecule has 59 heavy (non-hydrogen) atoms. The van der Waals surface area contributed by atoms with Gasteiger partial charge in [0, 0.05) is 12.8 Å². The second-order valence-electron chi connectivity index (χ2n) is 15.4. The van der Waals surface area contributed by atoms with Crippen molar-refractivity contribution in [2.45, 2.75) is 205 Å². The molecule has 0 spiro atoms. The molecule has 0 bridgehead atoms. The number of phosphoric acid groups is 1. The lowest BCUT2D eigenvalue weighted by Crippen LogP contribution is -2.34. The van der Waals surface area contributed by atoms with Gasteiger partial charge in [-0.2, -0.15) is 0 Å². The zero-order valence-electron chi connectivity index (χ0n) is 36.7. The van der Waals surface area contributed by atoms with Crippen LogP contribution >= 0.6 is 7.82 Å². The summed E-state index contributed by atoms with van der Waals surface area (Å²) in [4.78, 5) is 46.0. The average Bonchev–Trinajstić information content (AvgIpc) is 3.20. The van der Waals surface area contributed by atoms with Crippen LogP contribution in [-0.2, 0) is 37.5 Å². The van der Waals surface area contributed by atoms with Crippen molar-refractivity contribution in [2.75, 3.05) is 19.8 Å². The minimum absolute atomic E-state index is 0.0642. The fourth-order valence-electron chi connectivity index (χ4n) is 6.01. The van der Waals surface area contributed by atoms with Crippen LogP contribution in [0.1, 0.15) is 187 Å². The number of allylic oxidation sites excluding steroid dienone is 7. The van der Waals surface area contributed by atoms with E-state index in [4.69, 9.17) is 24.8 Å². The molecule has 4 atom stereocenters. The molecule has 0 rings (SSSR count). The van der Waals surface area contributed by atoms with E-state index in [0.29, 0.717) is 19.3 Å². The first-order valence-electron chi connectivity index (χ1n) is 22.8. The minimum atomic E-state index is -4.77. The summed E-state index contributed by atoms with van der Waals surface area (Å²) in [7, 11) is -4.77. The number of carboxylic acid groups (broad SMARTS) is 1. The molecule has 0 aliphatic heterocycles. The van der Waals surface area contributed by atoms with Crippen molar-refractivity contribution in [3.8, 4) is 0 Å². The van der Waals surface area contributed by atoms with Gasteiger partial charge in [-0.25, -0.2) is 4.57 Å². The lowest BCUT2D eigenvalue weighted by Gasteiger charge is -2.20. The fraction of sp³-hybridized carbons (Fsp3) is 0.761. The Morgan fingerprint density at radius 3 is 1.66 bits per heavy atom. The van der Waals surface area contributed by atoms with Crippen LogP contribution in [0.25, 0.3) is 0 Å². The third kappa shape index (κ3) is 40.6. The van der Waals surface area contributed by atoms with Crippen molar-refractivity contribution in [3.63, 3.8) is 0 Å². The molecule has 13 heteroatoms. The van der Waals surface area contributed by atoms with E-state index in [1.54, 1.807) is 12.2 Å². The number of hydrogen-bond acceptors (Lipinski definition) is 10. The van der Waals surface area contributed by atoms with Gasteiger partial charge in [-0.3, -0.25) is 23.4 Å². The Labute approximate surface area is 357 Å². The molecular weight excluding hydrogens is 773 g/mol. The van der Waals surface area contributed by atoms with Crippen LogP contribution in [0.2, 0.25) is 0 Å². The Morgan fingerprint density at radius 1 is 0.610 bits per heavy atom. The highest BCUT2D eigenvalue weighted by Crippen LogP contribution is 2.43. The predicted octanol–water partition coefficient (Wildman–Crippen LogP) is 11.1. The van der Waals surface area contributed by atoms with Crippen molar-refractivity contribution < 1.29 is 52.6 Å². The summed E-state index contributed by atoms with van der Waals surface area (Å²) in [6, 6.07) is -1.55. The number of hydrogen-bond donors (Lipinski definition) is 4. The summed E-state index contributed by atoms with van der Waals surface area (Å²) in [6.45, 7) is 2.60. The molecule has 0 fully saturated rings. The molecule has 0 radical (unpaired) electrons. The Bertz CT molecular complexity index is 1210. The van der Waals surface area contributed by atoms with Gasteiger partial charge < -0.3 is 30.3 Å². The van der Waals surface area contributed by atoms with E-state index in [1.165, 1.54) is 96.3 Å². The monoisotopic (exact) mass is 856 g/mol. The highest BCUT2D eigenvalue weighted by molar-refractivity contribution is 7.47. The molecule has 0 heterocycles. The standard InChI is InChI=1S/C46H82NO11P/c1-3-5-7-9-11-13-15-17-18-19-20-22-24-26-28-30-32-36-44(49)55-38-42(39-56-59(53,54)57-40-43(47)46(51)52)58-45(50)37-33-35-41(48)34-31-29-27-25-23-21-16-14-12-10-8-6-4-2/h17-18,21,23,27,29,31,34,41-43,48H,3-16,19-20,22,24-26,28,30,32-33,35-40,47H2,1-2H3,(H,51,52)(H,53,54)/b18-17-,23-21+,29-27+,34-31+/t41?,42-,43+/m1/s1.